The van der Waals surface area contributed by atoms with Crippen molar-refractivity contribution in [2.24, 2.45) is 5.41 Å². The number of aryl methyl sites for hydroxylation is 2. The van der Waals surface area contributed by atoms with Gasteiger partial charge in [0, 0.05) is 40.6 Å². The number of ketones is 1. The van der Waals surface area contributed by atoms with Gasteiger partial charge in [0.15, 0.2) is 0 Å². The van der Waals surface area contributed by atoms with E-state index in [2.05, 4.69) is 68.6 Å². The third-order valence-corrected chi connectivity index (χ3v) is 15.7. The molecule has 4 heterocycles. The van der Waals surface area contributed by atoms with Crippen molar-refractivity contribution >= 4 is 96.4 Å². The molecule has 0 fully saturated rings. The molecule has 11 heteroatoms. The molecule has 0 aromatic carbocycles. The number of nitrogens with zero attached hydrogens (tertiary/aromatic N) is 1. The standard InChI is InChI=1S/C35H39NO3S7/c1-7-8-16-42-33(40)46-35(6,24(4)37)20-34(5,21-36)15-13-30(38)39-19-25-18-23(3)32(43-25)29-12-10-27(45-29)26-9-11-28(44-26)31-22(2)14-17-41-31/h9-12,14,17-18H,7-8,13,15-16,19-20H2,1-6H3. The molecule has 2 atom stereocenters. The zero-order valence-electron chi connectivity index (χ0n) is 27.0. The molecule has 0 N–H and O–H groups in total. The van der Waals surface area contributed by atoms with Gasteiger partial charge in [-0.05, 0) is 113 Å². The van der Waals surface area contributed by atoms with Crippen molar-refractivity contribution in [2.75, 3.05) is 5.75 Å². The molecule has 0 saturated carbocycles. The highest BCUT2D eigenvalue weighted by Crippen LogP contribution is 2.45. The Hall–Kier alpha value is -1.78. The quantitative estimate of drug-likeness (QED) is 0.0682. The normalized spacial score (nSPS) is 13.9. The number of carbonyl (C=O) groups is 2. The van der Waals surface area contributed by atoms with E-state index < -0.39 is 10.2 Å². The van der Waals surface area contributed by atoms with E-state index >= 15 is 0 Å². The average molecular weight is 746 g/mol. The van der Waals surface area contributed by atoms with Crippen molar-refractivity contribution in [3.63, 3.8) is 0 Å². The highest BCUT2D eigenvalue weighted by Gasteiger charge is 2.41. The van der Waals surface area contributed by atoms with Gasteiger partial charge in [0.05, 0.1) is 16.2 Å². The molecule has 0 aliphatic heterocycles. The van der Waals surface area contributed by atoms with E-state index in [0.29, 0.717) is 12.8 Å². The first-order valence-electron chi connectivity index (χ1n) is 15.1. The fourth-order valence-corrected chi connectivity index (χ4v) is 12.8. The summed E-state index contributed by atoms with van der Waals surface area (Å²) in [5.41, 5.74) is 1.61. The zero-order chi connectivity index (χ0) is 33.5. The summed E-state index contributed by atoms with van der Waals surface area (Å²) < 4.78 is 5.56. The van der Waals surface area contributed by atoms with E-state index in [-0.39, 0.29) is 24.8 Å². The number of carbonyl (C=O) groups excluding carboxylic acids is 2. The average Bonchev–Trinajstić information content (AvgIpc) is 3.82. The predicted octanol–water partition coefficient (Wildman–Crippen LogP) is 12.2. The van der Waals surface area contributed by atoms with Crippen LogP contribution in [0.4, 0.5) is 0 Å². The molecule has 0 radical (unpaired) electrons. The van der Waals surface area contributed by atoms with Gasteiger partial charge in [-0.2, -0.15) is 5.26 Å². The third kappa shape index (κ3) is 9.65. The summed E-state index contributed by atoms with van der Waals surface area (Å²) in [5, 5.41) is 12.2. The molecule has 4 rings (SSSR count). The first kappa shape index (κ1) is 37.0. The number of nitriles is 1. The van der Waals surface area contributed by atoms with Gasteiger partial charge in [0.25, 0.3) is 0 Å². The highest BCUT2D eigenvalue weighted by atomic mass is 32.2. The first-order chi connectivity index (χ1) is 21.9. The Morgan fingerprint density at radius 2 is 1.63 bits per heavy atom. The minimum Gasteiger partial charge on any atom is -0.460 e. The summed E-state index contributed by atoms with van der Waals surface area (Å²) in [5.74, 6) is 0.559. The number of unbranched alkanes of at least 4 members (excludes halogenated alkanes) is 1. The van der Waals surface area contributed by atoms with Gasteiger partial charge in [0.2, 0.25) is 0 Å². The molecule has 4 nitrogen and oxygen atoms in total. The van der Waals surface area contributed by atoms with E-state index in [1.807, 2.05) is 25.2 Å². The summed E-state index contributed by atoms with van der Waals surface area (Å²) in [6, 6.07) is 15.4. The fourth-order valence-electron chi connectivity index (χ4n) is 4.95. The fraction of sp³-hybridized carbons (Fsp3) is 0.429. The number of rotatable bonds is 15. The maximum absolute atomic E-state index is 12.8. The van der Waals surface area contributed by atoms with Gasteiger partial charge >= 0.3 is 5.97 Å². The molecule has 0 aliphatic carbocycles. The van der Waals surface area contributed by atoms with Crippen molar-refractivity contribution in [1.29, 1.82) is 5.26 Å². The Labute approximate surface area is 303 Å². The van der Waals surface area contributed by atoms with Gasteiger partial charge in [-0.15, -0.1) is 57.1 Å². The number of hydrogen-bond acceptors (Lipinski definition) is 11. The van der Waals surface area contributed by atoms with Crippen LogP contribution < -0.4 is 0 Å². The van der Waals surface area contributed by atoms with Gasteiger partial charge < -0.3 is 4.74 Å². The smallest absolute Gasteiger partial charge is 0.306 e. The maximum Gasteiger partial charge on any atom is 0.306 e. The lowest BCUT2D eigenvalue weighted by Crippen LogP contribution is -2.37. The number of Topliss-reactive ketones (excluding diaryl/α,β-unsaturated/α-hetero) is 1. The van der Waals surface area contributed by atoms with Crippen molar-refractivity contribution < 1.29 is 14.3 Å². The second kappa shape index (κ2) is 16.6. The number of hydrogen-bond donors (Lipinski definition) is 0. The monoisotopic (exact) mass is 745 g/mol. The summed E-state index contributed by atoms with van der Waals surface area (Å²) in [6.07, 6.45) is 2.88. The van der Waals surface area contributed by atoms with E-state index in [1.54, 1.807) is 52.7 Å². The second-order valence-corrected chi connectivity index (χ2v) is 19.9. The van der Waals surface area contributed by atoms with E-state index in [4.69, 9.17) is 17.0 Å². The van der Waals surface area contributed by atoms with Gasteiger partial charge in [-0.25, -0.2) is 0 Å². The molecule has 2 unspecified atom stereocenters. The van der Waals surface area contributed by atoms with Crippen LogP contribution in [0.3, 0.4) is 0 Å². The lowest BCUT2D eigenvalue weighted by molar-refractivity contribution is -0.145. The highest BCUT2D eigenvalue weighted by molar-refractivity contribution is 8.47. The van der Waals surface area contributed by atoms with Crippen LogP contribution in [0.2, 0.25) is 0 Å². The number of thiocarbonyl (C=S) groups is 1. The van der Waals surface area contributed by atoms with Gasteiger partial charge in [-0.3, -0.25) is 9.59 Å². The lowest BCUT2D eigenvalue weighted by atomic mass is 9.77. The van der Waals surface area contributed by atoms with Crippen LogP contribution in [0.25, 0.3) is 29.3 Å². The summed E-state index contributed by atoms with van der Waals surface area (Å²) in [7, 11) is 0. The van der Waals surface area contributed by atoms with Gasteiger partial charge in [0.1, 0.15) is 15.9 Å². The molecule has 0 saturated heterocycles. The molecular formula is C35H39NO3S7. The van der Waals surface area contributed by atoms with Crippen LogP contribution >= 0.6 is 81.1 Å². The molecular weight excluding hydrogens is 707 g/mol. The Balaban J connectivity index is 1.33. The largest absolute Gasteiger partial charge is 0.460 e. The molecule has 0 spiro atoms. The Kier molecular flexibility index (Phi) is 13.3. The van der Waals surface area contributed by atoms with Crippen LogP contribution in [0, 0.1) is 30.6 Å². The van der Waals surface area contributed by atoms with Crippen LogP contribution in [-0.4, -0.2) is 25.8 Å². The number of esters is 1. The summed E-state index contributed by atoms with van der Waals surface area (Å²) in [6.45, 7) is 11.8. The van der Waals surface area contributed by atoms with Gasteiger partial charge in [-0.1, -0.05) is 37.3 Å². The third-order valence-electron chi connectivity index (χ3n) is 7.76. The van der Waals surface area contributed by atoms with Crippen LogP contribution in [0.15, 0.2) is 41.8 Å². The van der Waals surface area contributed by atoms with Crippen molar-refractivity contribution in [3.05, 3.63) is 57.8 Å². The predicted molar refractivity (Wildman–Crippen MR) is 208 cm³/mol. The van der Waals surface area contributed by atoms with Crippen LogP contribution in [0.5, 0.6) is 0 Å². The number of ether oxygens (including phenoxy) is 1. The van der Waals surface area contributed by atoms with E-state index in [0.717, 1.165) is 32.6 Å². The lowest BCUT2D eigenvalue weighted by Gasteiger charge is -2.33. The van der Waals surface area contributed by atoms with E-state index in [1.165, 1.54) is 46.6 Å². The van der Waals surface area contributed by atoms with E-state index in [9.17, 15) is 14.9 Å². The minimum absolute atomic E-state index is 0.0182. The first-order valence-corrected chi connectivity index (χ1v) is 20.7. The summed E-state index contributed by atoms with van der Waals surface area (Å²) in [4.78, 5) is 34.0. The number of thiophene rings is 4. The molecule has 0 amide bonds. The Morgan fingerprint density at radius 3 is 2.22 bits per heavy atom. The molecule has 0 bridgehead atoms. The molecule has 46 heavy (non-hydrogen) atoms. The van der Waals surface area contributed by atoms with Crippen molar-refractivity contribution in [1.82, 2.24) is 0 Å². The van der Waals surface area contributed by atoms with Crippen LogP contribution in [-0.2, 0) is 20.9 Å². The van der Waals surface area contributed by atoms with Crippen molar-refractivity contribution in [2.45, 2.75) is 85.0 Å². The zero-order valence-corrected chi connectivity index (χ0v) is 32.7. The minimum atomic E-state index is -0.869. The van der Waals surface area contributed by atoms with Crippen LogP contribution in [0.1, 0.15) is 75.8 Å². The molecule has 244 valence electrons. The Bertz CT molecular complexity index is 1720. The van der Waals surface area contributed by atoms with Crippen molar-refractivity contribution in [3.8, 4) is 35.3 Å². The molecule has 4 aromatic heterocycles. The summed E-state index contributed by atoms with van der Waals surface area (Å²) >= 11 is 15.6. The molecule has 0 aliphatic rings. The SMILES string of the molecule is CCCCSC(=S)SC(C)(CC(C)(C#N)CCC(=O)OCc1cc(C)c(-c2ccc(-c3ccc(-c4sccc4C)s3)s2)s1)C(C)=O. The maximum atomic E-state index is 12.8. The Morgan fingerprint density at radius 1 is 0.978 bits per heavy atom. The molecule has 4 aromatic rings. The number of thioether (sulfide) groups is 2. The second-order valence-electron chi connectivity index (χ2n) is 11.8. The topological polar surface area (TPSA) is 67.2 Å².